The van der Waals surface area contributed by atoms with Gasteiger partial charge in [0.05, 0.1) is 11.9 Å². The normalized spacial score (nSPS) is 9.86. The summed E-state index contributed by atoms with van der Waals surface area (Å²) in [6.45, 7) is 6.05. The molecule has 0 amide bonds. The predicted octanol–water partition coefficient (Wildman–Crippen LogP) is 1.56. The van der Waals surface area contributed by atoms with Crippen LogP contribution in [0.4, 0.5) is 5.69 Å². The number of nitrogens with zero attached hydrogens (tertiary/aromatic N) is 2. The third kappa shape index (κ3) is 2.20. The first kappa shape index (κ1) is 10.9. The van der Waals surface area contributed by atoms with Gasteiger partial charge >= 0.3 is 0 Å². The number of anilines is 1. The Morgan fingerprint density at radius 2 is 2.14 bits per heavy atom. The summed E-state index contributed by atoms with van der Waals surface area (Å²) in [7, 11) is 0. The summed E-state index contributed by atoms with van der Waals surface area (Å²) >= 11 is 4.99. The molecule has 0 saturated heterocycles. The number of hydrogen-bond acceptors (Lipinski definition) is 3. The molecule has 0 aromatic carbocycles. The second-order valence-electron chi connectivity index (χ2n) is 2.93. The summed E-state index contributed by atoms with van der Waals surface area (Å²) < 4.78 is 0. The van der Waals surface area contributed by atoms with E-state index in [4.69, 9.17) is 18.0 Å². The van der Waals surface area contributed by atoms with E-state index < -0.39 is 0 Å². The Balaban J connectivity index is 3.11. The van der Waals surface area contributed by atoms with Crippen LogP contribution in [0.2, 0.25) is 0 Å². The van der Waals surface area contributed by atoms with Gasteiger partial charge in [-0.25, -0.2) is 0 Å². The highest BCUT2D eigenvalue weighted by molar-refractivity contribution is 7.80. The van der Waals surface area contributed by atoms with Crippen LogP contribution in [0.3, 0.4) is 0 Å². The fourth-order valence-corrected chi connectivity index (χ4v) is 1.58. The largest absolute Gasteiger partial charge is 0.389 e. The standard InChI is InChI=1S/C10H15N3S/c1-3-13(4-2)9-7-12-6-5-8(9)10(11)14/h5-7H,3-4H2,1-2H3,(H2,11,14). The highest BCUT2D eigenvalue weighted by atomic mass is 32.1. The molecular formula is C10H15N3S. The molecule has 3 nitrogen and oxygen atoms in total. The molecule has 2 N–H and O–H groups in total. The molecule has 0 spiro atoms. The third-order valence-corrected chi connectivity index (χ3v) is 2.39. The molecule has 0 aliphatic carbocycles. The molecule has 14 heavy (non-hydrogen) atoms. The summed E-state index contributed by atoms with van der Waals surface area (Å²) in [5.74, 6) is 0. The van der Waals surface area contributed by atoms with Gasteiger partial charge < -0.3 is 10.6 Å². The number of thiocarbonyl (C=S) groups is 1. The van der Waals surface area contributed by atoms with E-state index in [1.54, 1.807) is 6.20 Å². The predicted molar refractivity (Wildman–Crippen MR) is 63.7 cm³/mol. The molecule has 1 heterocycles. The Bertz CT molecular complexity index is 321. The van der Waals surface area contributed by atoms with Gasteiger partial charge in [-0.2, -0.15) is 0 Å². The van der Waals surface area contributed by atoms with Crippen LogP contribution < -0.4 is 10.6 Å². The van der Waals surface area contributed by atoms with E-state index in [0.29, 0.717) is 4.99 Å². The van der Waals surface area contributed by atoms with E-state index in [1.807, 2.05) is 12.3 Å². The lowest BCUT2D eigenvalue weighted by Crippen LogP contribution is -2.25. The minimum atomic E-state index is 0.425. The van der Waals surface area contributed by atoms with Gasteiger partial charge in [0.25, 0.3) is 0 Å². The Kier molecular flexibility index (Phi) is 3.83. The minimum absolute atomic E-state index is 0.425. The molecule has 0 aliphatic rings. The van der Waals surface area contributed by atoms with Gasteiger partial charge in [-0.15, -0.1) is 0 Å². The van der Waals surface area contributed by atoms with E-state index in [-0.39, 0.29) is 0 Å². The molecule has 0 atom stereocenters. The van der Waals surface area contributed by atoms with Gasteiger partial charge in [-0.1, -0.05) is 12.2 Å². The van der Waals surface area contributed by atoms with Crippen LogP contribution in [0, 0.1) is 0 Å². The van der Waals surface area contributed by atoms with Gasteiger partial charge in [-0.3, -0.25) is 4.98 Å². The Labute approximate surface area is 89.9 Å². The molecule has 0 aliphatic heterocycles. The van der Waals surface area contributed by atoms with Crippen molar-refractivity contribution < 1.29 is 0 Å². The van der Waals surface area contributed by atoms with Gasteiger partial charge in [0, 0.05) is 24.8 Å². The summed E-state index contributed by atoms with van der Waals surface area (Å²) in [5.41, 5.74) is 7.56. The van der Waals surface area contributed by atoms with Crippen molar-refractivity contribution in [2.45, 2.75) is 13.8 Å². The lowest BCUT2D eigenvalue weighted by Gasteiger charge is -2.22. The molecule has 1 aromatic rings. The number of nitrogens with two attached hydrogens (primary N) is 1. The zero-order valence-corrected chi connectivity index (χ0v) is 9.34. The zero-order valence-electron chi connectivity index (χ0n) is 8.53. The van der Waals surface area contributed by atoms with Crippen LogP contribution in [0.15, 0.2) is 18.5 Å². The molecule has 4 heteroatoms. The van der Waals surface area contributed by atoms with E-state index in [2.05, 4.69) is 23.7 Å². The molecule has 0 bridgehead atoms. The summed E-state index contributed by atoms with van der Waals surface area (Å²) in [6.07, 6.45) is 3.52. The fourth-order valence-electron chi connectivity index (χ4n) is 1.41. The number of rotatable bonds is 4. The maximum atomic E-state index is 5.64. The van der Waals surface area contributed by atoms with Crippen molar-refractivity contribution in [1.82, 2.24) is 4.98 Å². The van der Waals surface area contributed by atoms with Gasteiger partial charge in [0.2, 0.25) is 0 Å². The summed E-state index contributed by atoms with van der Waals surface area (Å²) in [6, 6.07) is 1.86. The Morgan fingerprint density at radius 1 is 1.50 bits per heavy atom. The van der Waals surface area contributed by atoms with Crippen molar-refractivity contribution >= 4 is 22.9 Å². The summed E-state index contributed by atoms with van der Waals surface area (Å²) in [5, 5.41) is 0. The Morgan fingerprint density at radius 3 is 2.64 bits per heavy atom. The van der Waals surface area contributed by atoms with Crippen LogP contribution in [-0.4, -0.2) is 23.1 Å². The first-order valence-corrected chi connectivity index (χ1v) is 5.10. The maximum Gasteiger partial charge on any atom is 0.106 e. The van der Waals surface area contributed by atoms with Crippen LogP contribution in [-0.2, 0) is 0 Å². The van der Waals surface area contributed by atoms with Crippen LogP contribution in [0.25, 0.3) is 0 Å². The molecule has 0 saturated carbocycles. The lowest BCUT2D eigenvalue weighted by molar-refractivity contribution is 0.861. The molecule has 0 unspecified atom stereocenters. The van der Waals surface area contributed by atoms with E-state index in [0.717, 1.165) is 24.3 Å². The molecular weight excluding hydrogens is 194 g/mol. The highest BCUT2D eigenvalue weighted by Crippen LogP contribution is 2.18. The minimum Gasteiger partial charge on any atom is -0.389 e. The van der Waals surface area contributed by atoms with Gasteiger partial charge in [0.15, 0.2) is 0 Å². The highest BCUT2D eigenvalue weighted by Gasteiger charge is 2.09. The van der Waals surface area contributed by atoms with Gasteiger partial charge in [-0.05, 0) is 19.9 Å². The Hall–Kier alpha value is -1.16. The second kappa shape index (κ2) is 4.91. The van der Waals surface area contributed by atoms with E-state index in [1.165, 1.54) is 0 Å². The molecule has 76 valence electrons. The van der Waals surface area contributed by atoms with Crippen molar-refractivity contribution in [1.29, 1.82) is 0 Å². The smallest absolute Gasteiger partial charge is 0.106 e. The van der Waals surface area contributed by atoms with E-state index in [9.17, 15) is 0 Å². The fraction of sp³-hybridized carbons (Fsp3) is 0.400. The first-order chi connectivity index (χ1) is 6.70. The lowest BCUT2D eigenvalue weighted by atomic mass is 10.2. The molecule has 1 rings (SSSR count). The average molecular weight is 209 g/mol. The topological polar surface area (TPSA) is 42.2 Å². The van der Waals surface area contributed by atoms with Crippen molar-refractivity contribution in [2.24, 2.45) is 5.73 Å². The van der Waals surface area contributed by atoms with Crippen LogP contribution in [0.1, 0.15) is 19.4 Å². The van der Waals surface area contributed by atoms with Crippen molar-refractivity contribution in [3.8, 4) is 0 Å². The van der Waals surface area contributed by atoms with Crippen LogP contribution >= 0.6 is 12.2 Å². The SMILES string of the molecule is CCN(CC)c1cnccc1C(N)=S. The van der Waals surface area contributed by atoms with Gasteiger partial charge in [0.1, 0.15) is 4.99 Å². The monoisotopic (exact) mass is 209 g/mol. The molecule has 0 fully saturated rings. The first-order valence-electron chi connectivity index (χ1n) is 4.69. The van der Waals surface area contributed by atoms with Crippen molar-refractivity contribution in [3.05, 3.63) is 24.0 Å². The average Bonchev–Trinajstić information content (AvgIpc) is 2.20. The third-order valence-electron chi connectivity index (χ3n) is 2.17. The van der Waals surface area contributed by atoms with E-state index >= 15 is 0 Å². The quantitative estimate of drug-likeness (QED) is 0.764. The number of hydrogen-bond donors (Lipinski definition) is 1. The van der Waals surface area contributed by atoms with Crippen LogP contribution in [0.5, 0.6) is 0 Å². The van der Waals surface area contributed by atoms with Crippen molar-refractivity contribution in [3.63, 3.8) is 0 Å². The molecule has 0 radical (unpaired) electrons. The summed E-state index contributed by atoms with van der Waals surface area (Å²) in [4.78, 5) is 6.70. The maximum absolute atomic E-state index is 5.64. The second-order valence-corrected chi connectivity index (χ2v) is 3.37. The van der Waals surface area contributed by atoms with Crippen molar-refractivity contribution in [2.75, 3.05) is 18.0 Å². The number of pyridine rings is 1. The number of aromatic nitrogens is 1. The molecule has 1 aromatic heterocycles. The zero-order chi connectivity index (χ0) is 10.6.